The lowest BCUT2D eigenvalue weighted by molar-refractivity contribution is 0.0696. The highest BCUT2D eigenvalue weighted by atomic mass is 32.1. The Hall–Kier alpha value is -3.17. The number of carbonyl (C=O) groups excluding carboxylic acids is 1. The van der Waals surface area contributed by atoms with Crippen molar-refractivity contribution in [3.8, 4) is 11.4 Å². The summed E-state index contributed by atoms with van der Waals surface area (Å²) in [6.45, 7) is 1.15. The van der Waals surface area contributed by atoms with Crippen molar-refractivity contribution in [3.05, 3.63) is 70.4 Å². The van der Waals surface area contributed by atoms with Gasteiger partial charge in [-0.2, -0.15) is 4.98 Å². The average molecular weight is 470 g/mol. The first-order valence-electron chi connectivity index (χ1n) is 10.6. The van der Waals surface area contributed by atoms with E-state index in [1.165, 1.54) is 36.6 Å². The lowest BCUT2D eigenvalue weighted by Crippen LogP contribution is -2.39. The minimum atomic E-state index is -0.375. The van der Waals surface area contributed by atoms with Gasteiger partial charge in [0.15, 0.2) is 0 Å². The quantitative estimate of drug-likeness (QED) is 0.392. The molecule has 4 aromatic rings. The maximum Gasteiger partial charge on any atom is 0.264 e. The maximum atomic E-state index is 14.5. The number of rotatable bonds is 5. The second-order valence-electron chi connectivity index (χ2n) is 8.01. The first kappa shape index (κ1) is 21.7. The number of ether oxygens (including phenoxy) is 1. The fourth-order valence-corrected chi connectivity index (χ4v) is 5.46. The van der Waals surface area contributed by atoms with E-state index in [1.807, 2.05) is 6.07 Å². The van der Waals surface area contributed by atoms with Gasteiger partial charge in [-0.1, -0.05) is 23.4 Å². The number of aromatic nitrogens is 2. The van der Waals surface area contributed by atoms with E-state index in [-0.39, 0.29) is 30.1 Å². The molecular formula is C24H21F2N3O3S. The summed E-state index contributed by atoms with van der Waals surface area (Å²) in [7, 11) is 1.53. The highest BCUT2D eigenvalue weighted by Crippen LogP contribution is 2.36. The summed E-state index contributed by atoms with van der Waals surface area (Å²) in [5.74, 6) is -0.282. The Morgan fingerprint density at radius 1 is 1.27 bits per heavy atom. The predicted molar refractivity (Wildman–Crippen MR) is 120 cm³/mol. The molecule has 1 aliphatic rings. The Bertz CT molecular complexity index is 1320. The second-order valence-corrected chi connectivity index (χ2v) is 9.06. The molecule has 0 bridgehead atoms. The number of thiophene rings is 1. The van der Waals surface area contributed by atoms with Gasteiger partial charge in [-0.3, -0.25) is 4.79 Å². The van der Waals surface area contributed by atoms with Gasteiger partial charge in [-0.15, -0.1) is 11.3 Å². The number of nitrogens with zero attached hydrogens (tertiary/aromatic N) is 3. The van der Waals surface area contributed by atoms with Crippen molar-refractivity contribution in [2.45, 2.75) is 25.4 Å². The zero-order valence-corrected chi connectivity index (χ0v) is 18.7. The summed E-state index contributed by atoms with van der Waals surface area (Å²) in [6, 6.07) is 10.9. The van der Waals surface area contributed by atoms with Crippen LogP contribution < -0.4 is 0 Å². The summed E-state index contributed by atoms with van der Waals surface area (Å²) in [5, 5.41) is 4.44. The second kappa shape index (κ2) is 8.99. The molecule has 1 amide bonds. The van der Waals surface area contributed by atoms with E-state index in [0.29, 0.717) is 46.2 Å². The molecule has 3 heterocycles. The van der Waals surface area contributed by atoms with Crippen LogP contribution in [0.25, 0.3) is 21.5 Å². The van der Waals surface area contributed by atoms with Crippen molar-refractivity contribution in [1.29, 1.82) is 0 Å². The van der Waals surface area contributed by atoms with Crippen molar-refractivity contribution in [2.75, 3.05) is 20.2 Å². The highest BCUT2D eigenvalue weighted by molar-refractivity contribution is 7.21. The molecule has 9 heteroatoms. The van der Waals surface area contributed by atoms with E-state index in [9.17, 15) is 13.6 Å². The van der Waals surface area contributed by atoms with Gasteiger partial charge in [0, 0.05) is 41.4 Å². The van der Waals surface area contributed by atoms with Crippen LogP contribution in [0.4, 0.5) is 8.78 Å². The fraction of sp³-hybridized carbons (Fsp3) is 0.292. The van der Waals surface area contributed by atoms with Gasteiger partial charge >= 0.3 is 0 Å². The van der Waals surface area contributed by atoms with Crippen LogP contribution in [0.1, 0.15) is 39.9 Å². The van der Waals surface area contributed by atoms with Gasteiger partial charge in [-0.05, 0) is 37.1 Å². The van der Waals surface area contributed by atoms with Crippen LogP contribution in [0.5, 0.6) is 0 Å². The van der Waals surface area contributed by atoms with Crippen molar-refractivity contribution in [3.63, 3.8) is 0 Å². The fourth-order valence-electron chi connectivity index (χ4n) is 4.27. The van der Waals surface area contributed by atoms with Gasteiger partial charge in [-0.25, -0.2) is 8.78 Å². The largest absolute Gasteiger partial charge is 0.380 e. The van der Waals surface area contributed by atoms with Crippen LogP contribution in [0.2, 0.25) is 0 Å². The topological polar surface area (TPSA) is 68.5 Å². The third-order valence-corrected chi connectivity index (χ3v) is 7.01. The molecule has 2 aromatic heterocycles. The van der Waals surface area contributed by atoms with E-state index in [0.717, 1.165) is 17.5 Å². The first-order valence-corrected chi connectivity index (χ1v) is 11.4. The van der Waals surface area contributed by atoms with E-state index in [2.05, 4.69) is 10.1 Å². The van der Waals surface area contributed by atoms with Crippen LogP contribution in [0, 0.1) is 11.6 Å². The van der Waals surface area contributed by atoms with Gasteiger partial charge in [0.1, 0.15) is 11.6 Å². The smallest absolute Gasteiger partial charge is 0.264 e. The number of methoxy groups -OCH3 is 1. The molecule has 1 atom stereocenters. The number of hydrogen-bond donors (Lipinski definition) is 0. The van der Waals surface area contributed by atoms with Gasteiger partial charge in [0.2, 0.25) is 11.7 Å². The molecule has 0 radical (unpaired) electrons. The van der Waals surface area contributed by atoms with Crippen LogP contribution in [-0.2, 0) is 11.3 Å². The average Bonchev–Trinajstić information content (AvgIpc) is 3.45. The van der Waals surface area contributed by atoms with Crippen LogP contribution in [0.15, 0.2) is 47.0 Å². The molecule has 0 saturated carbocycles. The van der Waals surface area contributed by atoms with Gasteiger partial charge < -0.3 is 14.2 Å². The van der Waals surface area contributed by atoms with Gasteiger partial charge in [0.05, 0.1) is 17.4 Å². The summed E-state index contributed by atoms with van der Waals surface area (Å²) < 4.78 is 39.5. The molecule has 33 heavy (non-hydrogen) atoms. The number of piperidine rings is 1. The van der Waals surface area contributed by atoms with Crippen LogP contribution >= 0.6 is 11.3 Å². The number of amides is 1. The Morgan fingerprint density at radius 2 is 2.12 bits per heavy atom. The van der Waals surface area contributed by atoms with Crippen molar-refractivity contribution in [1.82, 2.24) is 15.0 Å². The van der Waals surface area contributed by atoms with E-state index >= 15 is 0 Å². The normalized spacial score (nSPS) is 16.5. The lowest BCUT2D eigenvalue weighted by atomic mass is 9.97. The standard InChI is InChI=1S/C24H21F2N3O3S/c1-31-13-17-20-18(26)8-3-9-19(20)33-21(17)24(30)29-10-4-6-15(12-29)23-27-22(28-32-23)14-5-2-7-16(25)11-14/h2-3,5,7-9,11,15H,4,6,10,12-13H2,1H3. The van der Waals surface area contributed by atoms with E-state index in [1.54, 1.807) is 23.1 Å². The van der Waals surface area contributed by atoms with Crippen molar-refractivity contribution in [2.24, 2.45) is 0 Å². The van der Waals surface area contributed by atoms with Crippen LogP contribution in [-0.4, -0.2) is 41.1 Å². The zero-order chi connectivity index (χ0) is 22.9. The third kappa shape index (κ3) is 4.14. The minimum absolute atomic E-state index is 0.130. The maximum absolute atomic E-state index is 14.5. The van der Waals surface area contributed by atoms with Crippen LogP contribution in [0.3, 0.4) is 0 Å². The monoisotopic (exact) mass is 469 g/mol. The lowest BCUT2D eigenvalue weighted by Gasteiger charge is -2.31. The molecule has 0 N–H and O–H groups in total. The molecule has 1 unspecified atom stereocenters. The Morgan fingerprint density at radius 3 is 2.94 bits per heavy atom. The molecule has 5 rings (SSSR count). The molecule has 1 aliphatic heterocycles. The number of benzene rings is 2. The molecule has 1 saturated heterocycles. The predicted octanol–water partition coefficient (Wildman–Crippen LogP) is 5.40. The number of likely N-dealkylation sites (tertiary alicyclic amines) is 1. The highest BCUT2D eigenvalue weighted by Gasteiger charge is 2.31. The molecule has 0 aliphatic carbocycles. The molecule has 170 valence electrons. The number of halogens is 2. The van der Waals surface area contributed by atoms with Gasteiger partial charge in [0.25, 0.3) is 5.91 Å². The van der Waals surface area contributed by atoms with E-state index in [4.69, 9.17) is 9.26 Å². The molecule has 1 fully saturated rings. The third-order valence-electron chi connectivity index (χ3n) is 5.83. The minimum Gasteiger partial charge on any atom is -0.380 e. The number of hydrogen-bond acceptors (Lipinski definition) is 6. The number of carbonyl (C=O) groups is 1. The van der Waals surface area contributed by atoms with Crippen molar-refractivity contribution < 1.29 is 22.8 Å². The first-order chi connectivity index (χ1) is 16.0. The summed E-state index contributed by atoms with van der Waals surface area (Å²) in [6.07, 6.45) is 1.56. The Kier molecular flexibility index (Phi) is 5.90. The summed E-state index contributed by atoms with van der Waals surface area (Å²) in [4.78, 5) is 20.2. The summed E-state index contributed by atoms with van der Waals surface area (Å²) in [5.41, 5.74) is 1.11. The Balaban J connectivity index is 1.40. The van der Waals surface area contributed by atoms with Crippen molar-refractivity contribution >= 4 is 27.3 Å². The number of fused-ring (bicyclic) bond motifs is 1. The molecule has 6 nitrogen and oxygen atoms in total. The SMILES string of the molecule is COCc1c(C(=O)N2CCCC(c3nc(-c4cccc(F)c4)no3)C2)sc2cccc(F)c12. The zero-order valence-electron chi connectivity index (χ0n) is 17.9. The molecular weight excluding hydrogens is 448 g/mol. The Labute approximate surface area is 192 Å². The molecule has 0 spiro atoms. The van der Waals surface area contributed by atoms with E-state index < -0.39 is 0 Å². The summed E-state index contributed by atoms with van der Waals surface area (Å²) >= 11 is 1.28. The molecule has 2 aromatic carbocycles.